The van der Waals surface area contributed by atoms with Crippen LogP contribution in [0.5, 0.6) is 5.75 Å². The predicted octanol–water partition coefficient (Wildman–Crippen LogP) is 3.44. The van der Waals surface area contributed by atoms with Crippen LogP contribution in [0.4, 0.5) is 5.82 Å². The first-order valence-corrected chi connectivity index (χ1v) is 11.9. The first-order chi connectivity index (χ1) is 17.3. The van der Waals surface area contributed by atoms with Crippen LogP contribution in [0.15, 0.2) is 48.9 Å². The number of fused-ring (bicyclic) bond motifs is 2. The molecule has 4 aromatic rings. The van der Waals surface area contributed by atoms with Gasteiger partial charge in [-0.2, -0.15) is 0 Å². The van der Waals surface area contributed by atoms with Crippen molar-refractivity contribution in [2.45, 2.75) is 45.0 Å². The van der Waals surface area contributed by atoms with E-state index in [2.05, 4.69) is 15.0 Å². The summed E-state index contributed by atoms with van der Waals surface area (Å²) in [6.07, 6.45) is 3.47. The van der Waals surface area contributed by atoms with Gasteiger partial charge in [0.2, 0.25) is 0 Å². The van der Waals surface area contributed by atoms with Gasteiger partial charge in [0.15, 0.2) is 5.79 Å². The van der Waals surface area contributed by atoms with E-state index in [0.717, 1.165) is 22.0 Å². The summed E-state index contributed by atoms with van der Waals surface area (Å²) in [7, 11) is 1.65. The van der Waals surface area contributed by atoms with Crippen molar-refractivity contribution in [2.24, 2.45) is 5.92 Å². The monoisotopic (exact) mass is 493 g/mol. The zero-order valence-corrected chi connectivity index (χ0v) is 20.6. The lowest BCUT2D eigenvalue weighted by Gasteiger charge is -2.23. The molecule has 0 radical (unpaired) electrons. The second kappa shape index (κ2) is 9.98. The van der Waals surface area contributed by atoms with Crippen molar-refractivity contribution in [3.63, 3.8) is 0 Å². The molecule has 1 aromatic carbocycles. The molecule has 10 nitrogen and oxygen atoms in total. The molecule has 1 saturated heterocycles. The lowest BCUT2D eigenvalue weighted by Crippen LogP contribution is -2.32. The lowest BCUT2D eigenvalue weighted by molar-refractivity contribution is -0.186. The number of hydrogen-bond donors (Lipinski definition) is 2. The van der Waals surface area contributed by atoms with Gasteiger partial charge in [-0.05, 0) is 38.1 Å². The van der Waals surface area contributed by atoms with E-state index in [9.17, 15) is 5.11 Å². The van der Waals surface area contributed by atoms with Gasteiger partial charge in [0.1, 0.15) is 36.4 Å². The van der Waals surface area contributed by atoms with Crippen LogP contribution in [0.2, 0.25) is 0 Å². The van der Waals surface area contributed by atoms with E-state index in [1.54, 1.807) is 21.0 Å². The SMILES string of the molecule is COCc1ccc2ccc(OC[C@H]3O[C@@H](n4ccc5c(N)ncnc54)C[C@@H]3COC(C)(C)O)cc2n1. The number of aliphatic hydroxyl groups is 1. The molecule has 3 atom stereocenters. The number of benzene rings is 1. The third kappa shape index (κ3) is 5.26. The summed E-state index contributed by atoms with van der Waals surface area (Å²) in [5, 5.41) is 11.9. The van der Waals surface area contributed by atoms with E-state index in [1.807, 2.05) is 47.2 Å². The summed E-state index contributed by atoms with van der Waals surface area (Å²) in [6.45, 7) is 4.32. The number of aromatic nitrogens is 4. The van der Waals surface area contributed by atoms with Crippen LogP contribution in [0.25, 0.3) is 21.9 Å². The Labute approximate surface area is 209 Å². The summed E-state index contributed by atoms with van der Waals surface area (Å²) < 4.78 is 25.5. The first-order valence-electron chi connectivity index (χ1n) is 11.9. The average molecular weight is 494 g/mol. The summed E-state index contributed by atoms with van der Waals surface area (Å²) in [5.41, 5.74) is 8.42. The van der Waals surface area contributed by atoms with Gasteiger partial charge in [0, 0.05) is 37.1 Å². The first kappa shape index (κ1) is 24.4. The van der Waals surface area contributed by atoms with E-state index in [1.165, 1.54) is 6.33 Å². The van der Waals surface area contributed by atoms with Crippen molar-refractivity contribution in [2.75, 3.05) is 26.1 Å². The van der Waals surface area contributed by atoms with Crippen molar-refractivity contribution < 1.29 is 24.1 Å². The van der Waals surface area contributed by atoms with Crippen molar-refractivity contribution in [3.05, 3.63) is 54.6 Å². The van der Waals surface area contributed by atoms with Crippen LogP contribution in [-0.4, -0.2) is 56.8 Å². The number of methoxy groups -OCH3 is 1. The van der Waals surface area contributed by atoms with Crippen LogP contribution >= 0.6 is 0 Å². The molecule has 0 bridgehead atoms. The van der Waals surface area contributed by atoms with Crippen molar-refractivity contribution in [1.82, 2.24) is 19.5 Å². The molecule has 36 heavy (non-hydrogen) atoms. The molecular weight excluding hydrogens is 462 g/mol. The number of ether oxygens (including phenoxy) is 4. The highest BCUT2D eigenvalue weighted by Crippen LogP contribution is 2.37. The number of nitrogens with two attached hydrogens (primary N) is 1. The number of nitrogens with zero attached hydrogens (tertiary/aromatic N) is 4. The summed E-state index contributed by atoms with van der Waals surface area (Å²) in [4.78, 5) is 13.1. The van der Waals surface area contributed by atoms with Gasteiger partial charge in [-0.15, -0.1) is 0 Å². The van der Waals surface area contributed by atoms with Crippen molar-refractivity contribution in [3.8, 4) is 5.75 Å². The Kier molecular flexibility index (Phi) is 6.76. The molecule has 0 aliphatic carbocycles. The maximum Gasteiger partial charge on any atom is 0.159 e. The Morgan fingerprint density at radius 2 is 2.00 bits per heavy atom. The molecule has 0 saturated carbocycles. The fourth-order valence-electron chi connectivity index (χ4n) is 4.48. The van der Waals surface area contributed by atoms with Crippen LogP contribution in [-0.2, 0) is 20.8 Å². The molecule has 1 aliphatic rings. The smallest absolute Gasteiger partial charge is 0.159 e. The lowest BCUT2D eigenvalue weighted by atomic mass is 10.0. The minimum absolute atomic E-state index is 0.00931. The van der Waals surface area contributed by atoms with Gasteiger partial charge in [0.05, 0.1) is 35.9 Å². The molecule has 0 unspecified atom stereocenters. The quantitative estimate of drug-likeness (QED) is 0.337. The maximum absolute atomic E-state index is 10.1. The average Bonchev–Trinajstić information content (AvgIpc) is 3.46. The van der Waals surface area contributed by atoms with Gasteiger partial charge >= 0.3 is 0 Å². The zero-order valence-electron chi connectivity index (χ0n) is 20.6. The number of hydrogen-bond acceptors (Lipinski definition) is 9. The highest BCUT2D eigenvalue weighted by atomic mass is 16.6. The van der Waals surface area contributed by atoms with E-state index in [0.29, 0.717) is 43.5 Å². The largest absolute Gasteiger partial charge is 0.491 e. The molecule has 3 N–H and O–H groups in total. The van der Waals surface area contributed by atoms with Crippen LogP contribution in [0.3, 0.4) is 0 Å². The van der Waals surface area contributed by atoms with Crippen LogP contribution in [0, 0.1) is 5.92 Å². The molecule has 5 rings (SSSR count). The third-order valence-electron chi connectivity index (χ3n) is 6.29. The minimum atomic E-state index is -1.24. The molecule has 4 heterocycles. The van der Waals surface area contributed by atoms with E-state index in [4.69, 9.17) is 24.7 Å². The Morgan fingerprint density at radius 1 is 1.17 bits per heavy atom. The zero-order chi connectivity index (χ0) is 25.3. The van der Waals surface area contributed by atoms with E-state index < -0.39 is 5.79 Å². The normalized spacial score (nSPS) is 20.4. The van der Waals surface area contributed by atoms with Crippen molar-refractivity contribution in [1.29, 1.82) is 0 Å². The van der Waals surface area contributed by atoms with Gasteiger partial charge in [-0.1, -0.05) is 6.07 Å². The fraction of sp³-hybridized carbons (Fsp3) is 0.423. The van der Waals surface area contributed by atoms with E-state index in [-0.39, 0.29) is 18.2 Å². The molecule has 0 spiro atoms. The Hall–Kier alpha value is -3.31. The topological polar surface area (TPSA) is 127 Å². The van der Waals surface area contributed by atoms with Crippen LogP contribution in [0.1, 0.15) is 32.2 Å². The molecular formula is C26H31N5O5. The number of nitrogen functional groups attached to an aromatic ring is 1. The summed E-state index contributed by atoms with van der Waals surface area (Å²) in [5.74, 6) is -0.123. The third-order valence-corrected chi connectivity index (χ3v) is 6.29. The second-order valence-corrected chi connectivity index (χ2v) is 9.50. The molecule has 0 amide bonds. The highest BCUT2D eigenvalue weighted by Gasteiger charge is 2.38. The highest BCUT2D eigenvalue weighted by molar-refractivity contribution is 5.86. The molecule has 1 aliphatic heterocycles. The summed E-state index contributed by atoms with van der Waals surface area (Å²) >= 11 is 0. The predicted molar refractivity (Wildman–Crippen MR) is 134 cm³/mol. The molecule has 190 valence electrons. The molecule has 3 aromatic heterocycles. The van der Waals surface area contributed by atoms with Gasteiger partial charge in [-0.3, -0.25) is 4.98 Å². The Balaban J connectivity index is 1.34. The minimum Gasteiger partial charge on any atom is -0.491 e. The van der Waals surface area contributed by atoms with Crippen LogP contribution < -0.4 is 10.5 Å². The van der Waals surface area contributed by atoms with Crippen molar-refractivity contribution >= 4 is 27.8 Å². The number of rotatable bonds is 9. The Morgan fingerprint density at radius 3 is 2.81 bits per heavy atom. The fourth-order valence-corrected chi connectivity index (χ4v) is 4.48. The second-order valence-electron chi connectivity index (χ2n) is 9.50. The van der Waals surface area contributed by atoms with Gasteiger partial charge in [0.25, 0.3) is 0 Å². The number of pyridine rings is 1. The van der Waals surface area contributed by atoms with Gasteiger partial charge in [-0.25, -0.2) is 9.97 Å². The number of anilines is 1. The summed E-state index contributed by atoms with van der Waals surface area (Å²) in [6, 6.07) is 11.7. The molecule has 10 heteroatoms. The maximum atomic E-state index is 10.1. The standard InChI is InChI=1S/C26H31N5O5/c1-26(2,32)35-12-17-10-23(31-9-8-20-24(27)28-15-29-25(20)31)36-22(17)14-34-19-7-5-16-4-6-18(13-33-3)30-21(16)11-19/h4-9,11,15,17,22-23,32H,10,12-14H2,1-3H3,(H2,27,28,29)/t17-,22-,23-/m1/s1. The Bertz CT molecular complexity index is 1350. The molecule has 1 fully saturated rings. The van der Waals surface area contributed by atoms with E-state index >= 15 is 0 Å². The van der Waals surface area contributed by atoms with Gasteiger partial charge < -0.3 is 34.4 Å².